The highest BCUT2D eigenvalue weighted by molar-refractivity contribution is 6.07. The number of rotatable bonds is 7. The van der Waals surface area contributed by atoms with Crippen LogP contribution in [0.3, 0.4) is 0 Å². The third-order valence-electron chi connectivity index (χ3n) is 4.37. The minimum absolute atomic E-state index is 0.101. The molecule has 1 atom stereocenters. The molecule has 9 heteroatoms. The summed E-state index contributed by atoms with van der Waals surface area (Å²) in [6.45, 7) is 3.56. The molecule has 0 aliphatic rings. The van der Waals surface area contributed by atoms with E-state index < -0.39 is 37.0 Å². The maximum Gasteiger partial charge on any atom is 0.254 e. The van der Waals surface area contributed by atoms with Crippen molar-refractivity contribution in [3.63, 3.8) is 0 Å². The molecule has 1 unspecified atom stereocenters. The van der Waals surface area contributed by atoms with Gasteiger partial charge in [0, 0.05) is 37.5 Å². The van der Waals surface area contributed by atoms with Crippen LogP contribution >= 0.6 is 0 Å². The lowest BCUT2D eigenvalue weighted by Gasteiger charge is -2.25. The number of nitrogens with one attached hydrogen (secondary N) is 2. The van der Waals surface area contributed by atoms with Gasteiger partial charge in [-0.3, -0.25) is 14.4 Å². The van der Waals surface area contributed by atoms with Gasteiger partial charge < -0.3 is 30.9 Å². The van der Waals surface area contributed by atoms with Crippen molar-refractivity contribution in [3.8, 4) is 0 Å². The van der Waals surface area contributed by atoms with Crippen LogP contribution in [0, 0.1) is 20.8 Å². The monoisotopic (exact) mass is 381 g/mol. The van der Waals surface area contributed by atoms with Gasteiger partial charge in [0.25, 0.3) is 11.8 Å². The molecular weight excluding hydrogens is 354 g/mol. The number of aliphatic hydroxyl groups is 3. The summed E-state index contributed by atoms with van der Waals surface area (Å²) in [4.78, 5) is 38.3. The first kappa shape index (κ1) is 22.6. The highest BCUT2D eigenvalue weighted by atomic mass is 16.3. The van der Waals surface area contributed by atoms with E-state index in [1.807, 2.05) is 0 Å². The molecule has 0 fully saturated rings. The molecule has 1 rings (SSSR count). The summed E-state index contributed by atoms with van der Waals surface area (Å²) in [6, 6.07) is 0. The Balaban J connectivity index is 3.62. The standard InChI is InChI=1S/C18H27N3O6/c1-9-14(17(26)19-4)10(2)16(20-13(25)8-23)11(3)15(9)18(27)21(5)6-12(24)7-22/h12,22-24H,6-8H2,1-5H3,(H,19,26)(H,20,25). The van der Waals surface area contributed by atoms with E-state index in [-0.39, 0.29) is 23.4 Å². The fraction of sp³-hybridized carbons (Fsp3) is 0.500. The number of anilines is 1. The lowest BCUT2D eigenvalue weighted by molar-refractivity contribution is -0.118. The zero-order valence-electron chi connectivity index (χ0n) is 16.2. The van der Waals surface area contributed by atoms with E-state index in [2.05, 4.69) is 10.6 Å². The second-order valence-corrected chi connectivity index (χ2v) is 6.31. The lowest BCUT2D eigenvalue weighted by Crippen LogP contribution is -2.37. The van der Waals surface area contributed by atoms with E-state index >= 15 is 0 Å². The van der Waals surface area contributed by atoms with E-state index in [0.717, 1.165) is 0 Å². The zero-order valence-corrected chi connectivity index (χ0v) is 16.2. The summed E-state index contributed by atoms with van der Waals surface area (Å²) in [5.41, 5.74) is 2.07. The molecular formula is C18H27N3O6. The van der Waals surface area contributed by atoms with Crippen LogP contribution in [0.2, 0.25) is 0 Å². The molecule has 0 spiro atoms. The number of amides is 3. The van der Waals surface area contributed by atoms with E-state index in [9.17, 15) is 19.5 Å². The van der Waals surface area contributed by atoms with Crippen LogP contribution in [0.4, 0.5) is 5.69 Å². The van der Waals surface area contributed by atoms with Gasteiger partial charge in [0.05, 0.1) is 12.7 Å². The molecule has 0 aromatic heterocycles. The Kier molecular flexibility index (Phi) is 7.89. The van der Waals surface area contributed by atoms with Gasteiger partial charge in [-0.2, -0.15) is 0 Å². The molecule has 0 aliphatic carbocycles. The quantitative estimate of drug-likeness (QED) is 0.424. The third-order valence-corrected chi connectivity index (χ3v) is 4.37. The zero-order chi connectivity index (χ0) is 20.9. The first-order valence-electron chi connectivity index (χ1n) is 8.41. The molecule has 3 amide bonds. The van der Waals surface area contributed by atoms with Gasteiger partial charge in [-0.05, 0) is 37.5 Å². The minimum atomic E-state index is -1.10. The number of aliphatic hydroxyl groups excluding tert-OH is 3. The predicted octanol–water partition coefficient (Wildman–Crippen LogP) is -0.673. The van der Waals surface area contributed by atoms with Crippen LogP contribution in [-0.4, -0.2) is 77.9 Å². The first-order valence-corrected chi connectivity index (χ1v) is 8.41. The molecule has 0 bridgehead atoms. The van der Waals surface area contributed by atoms with Crippen molar-refractivity contribution in [1.29, 1.82) is 0 Å². The maximum atomic E-state index is 13.0. The van der Waals surface area contributed by atoms with Crippen LogP contribution in [0.25, 0.3) is 0 Å². The number of likely N-dealkylation sites (N-methyl/N-ethyl adjacent to an activating group) is 1. The molecule has 27 heavy (non-hydrogen) atoms. The van der Waals surface area contributed by atoms with E-state index in [1.54, 1.807) is 20.8 Å². The van der Waals surface area contributed by atoms with Gasteiger partial charge in [0.1, 0.15) is 6.61 Å². The molecule has 0 heterocycles. The molecule has 1 aromatic carbocycles. The number of hydrogen-bond donors (Lipinski definition) is 5. The average molecular weight is 381 g/mol. The van der Waals surface area contributed by atoms with Crippen LogP contribution < -0.4 is 10.6 Å². The van der Waals surface area contributed by atoms with Crippen molar-refractivity contribution < 1.29 is 29.7 Å². The number of nitrogens with zero attached hydrogens (tertiary/aromatic N) is 1. The SMILES string of the molecule is CNC(=O)c1c(C)c(NC(=O)CO)c(C)c(C(=O)N(C)CC(O)CO)c1C. The van der Waals surface area contributed by atoms with Gasteiger partial charge in [-0.1, -0.05) is 0 Å². The Morgan fingerprint density at radius 2 is 1.59 bits per heavy atom. The van der Waals surface area contributed by atoms with E-state index in [4.69, 9.17) is 10.2 Å². The molecule has 150 valence electrons. The smallest absolute Gasteiger partial charge is 0.254 e. The van der Waals surface area contributed by atoms with E-state index in [1.165, 1.54) is 19.0 Å². The highest BCUT2D eigenvalue weighted by Crippen LogP contribution is 2.32. The summed E-state index contributed by atoms with van der Waals surface area (Å²) in [6.07, 6.45) is -1.10. The van der Waals surface area contributed by atoms with Gasteiger partial charge in [0.15, 0.2) is 0 Å². The van der Waals surface area contributed by atoms with Crippen LogP contribution in [0.1, 0.15) is 37.4 Å². The predicted molar refractivity (Wildman–Crippen MR) is 99.8 cm³/mol. The number of hydrogen-bond acceptors (Lipinski definition) is 6. The summed E-state index contributed by atoms with van der Waals surface area (Å²) in [5, 5.41) is 32.7. The van der Waals surface area contributed by atoms with Crippen molar-refractivity contribution in [2.45, 2.75) is 26.9 Å². The van der Waals surface area contributed by atoms with Gasteiger partial charge in [-0.25, -0.2) is 0 Å². The minimum Gasteiger partial charge on any atom is -0.394 e. The molecule has 0 saturated carbocycles. The van der Waals surface area contributed by atoms with Gasteiger partial charge in [0.2, 0.25) is 5.91 Å². The second-order valence-electron chi connectivity index (χ2n) is 6.31. The van der Waals surface area contributed by atoms with Crippen LogP contribution in [-0.2, 0) is 4.79 Å². The average Bonchev–Trinajstić information content (AvgIpc) is 2.64. The van der Waals surface area contributed by atoms with Crippen LogP contribution in [0.15, 0.2) is 0 Å². The van der Waals surface area contributed by atoms with Crippen molar-refractivity contribution in [2.75, 3.05) is 39.2 Å². The maximum absolute atomic E-state index is 13.0. The number of benzene rings is 1. The topological polar surface area (TPSA) is 139 Å². The number of carbonyl (C=O) groups excluding carboxylic acids is 3. The lowest BCUT2D eigenvalue weighted by atomic mass is 9.90. The normalized spacial score (nSPS) is 11.7. The van der Waals surface area contributed by atoms with E-state index in [0.29, 0.717) is 16.7 Å². The Bertz CT molecular complexity index is 747. The Labute approximate surface area is 158 Å². The fourth-order valence-corrected chi connectivity index (χ4v) is 3.02. The molecule has 1 aromatic rings. The molecule has 0 saturated heterocycles. The summed E-state index contributed by atoms with van der Waals surface area (Å²) < 4.78 is 0. The summed E-state index contributed by atoms with van der Waals surface area (Å²) in [7, 11) is 2.92. The molecule has 5 N–H and O–H groups in total. The van der Waals surface area contributed by atoms with Crippen molar-refractivity contribution in [1.82, 2.24) is 10.2 Å². The Morgan fingerprint density at radius 3 is 2.07 bits per heavy atom. The number of carbonyl (C=O) groups is 3. The third kappa shape index (κ3) is 4.82. The van der Waals surface area contributed by atoms with Gasteiger partial charge in [-0.15, -0.1) is 0 Å². The van der Waals surface area contributed by atoms with Gasteiger partial charge >= 0.3 is 0 Å². The second kappa shape index (κ2) is 9.45. The van der Waals surface area contributed by atoms with Crippen molar-refractivity contribution in [2.24, 2.45) is 0 Å². The van der Waals surface area contributed by atoms with Crippen molar-refractivity contribution >= 4 is 23.4 Å². The molecule has 0 radical (unpaired) electrons. The molecule has 0 aliphatic heterocycles. The Morgan fingerprint density at radius 1 is 1.04 bits per heavy atom. The summed E-state index contributed by atoms with van der Waals surface area (Å²) in [5.74, 6) is -1.56. The highest BCUT2D eigenvalue weighted by Gasteiger charge is 2.27. The first-order chi connectivity index (χ1) is 12.6. The Hall–Kier alpha value is -2.49. The fourth-order valence-electron chi connectivity index (χ4n) is 3.02. The largest absolute Gasteiger partial charge is 0.394 e. The molecule has 9 nitrogen and oxygen atoms in total. The van der Waals surface area contributed by atoms with Crippen molar-refractivity contribution in [3.05, 3.63) is 27.8 Å². The van der Waals surface area contributed by atoms with Crippen LogP contribution in [0.5, 0.6) is 0 Å². The summed E-state index contributed by atoms with van der Waals surface area (Å²) >= 11 is 0.